The van der Waals surface area contributed by atoms with Crippen molar-refractivity contribution in [2.75, 3.05) is 19.6 Å². The van der Waals surface area contributed by atoms with E-state index in [4.69, 9.17) is 0 Å². The Morgan fingerprint density at radius 2 is 2.05 bits per heavy atom. The fourth-order valence-electron chi connectivity index (χ4n) is 3.64. The molecule has 2 aliphatic rings. The molecular weight excluding hydrogens is 264 g/mol. The third-order valence-corrected chi connectivity index (χ3v) is 4.76. The van der Waals surface area contributed by atoms with Crippen LogP contribution in [0.25, 0.3) is 0 Å². The Hall–Kier alpha value is -1.39. The second-order valence-electron chi connectivity index (χ2n) is 6.23. The van der Waals surface area contributed by atoms with E-state index in [-0.39, 0.29) is 12.0 Å². The number of piperidine rings is 1. The van der Waals surface area contributed by atoms with E-state index in [9.17, 15) is 9.90 Å². The predicted octanol–water partition coefficient (Wildman–Crippen LogP) is 1.94. The molecule has 1 fully saturated rings. The summed E-state index contributed by atoms with van der Waals surface area (Å²) in [5, 5.41) is 9.96. The van der Waals surface area contributed by atoms with Crippen molar-refractivity contribution < 1.29 is 9.90 Å². The summed E-state index contributed by atoms with van der Waals surface area (Å²) in [6, 6.07) is 8.76. The molecule has 1 aromatic carbocycles. The highest BCUT2D eigenvalue weighted by molar-refractivity contribution is 5.73. The second kappa shape index (κ2) is 6.16. The molecule has 0 aromatic heterocycles. The van der Waals surface area contributed by atoms with Gasteiger partial charge in [-0.25, -0.2) is 0 Å². The zero-order chi connectivity index (χ0) is 14.8. The van der Waals surface area contributed by atoms with Gasteiger partial charge >= 0.3 is 0 Å². The Kier molecular flexibility index (Phi) is 4.27. The molecule has 114 valence electrons. The van der Waals surface area contributed by atoms with Gasteiger partial charge in [0.2, 0.25) is 5.91 Å². The Balaban J connectivity index is 1.89. The van der Waals surface area contributed by atoms with Crippen molar-refractivity contribution in [2.45, 2.75) is 44.9 Å². The number of amides is 1. The molecule has 0 radical (unpaired) electrons. The maximum absolute atomic E-state index is 11.8. The zero-order valence-corrected chi connectivity index (χ0v) is 12.7. The first kappa shape index (κ1) is 14.5. The van der Waals surface area contributed by atoms with Crippen molar-refractivity contribution in [1.82, 2.24) is 9.80 Å². The summed E-state index contributed by atoms with van der Waals surface area (Å²) >= 11 is 0. The molecule has 3 rings (SSSR count). The van der Waals surface area contributed by atoms with Gasteiger partial charge in [-0.15, -0.1) is 0 Å². The smallest absolute Gasteiger partial charge is 0.219 e. The summed E-state index contributed by atoms with van der Waals surface area (Å²) < 4.78 is 0. The molecule has 4 heteroatoms. The lowest BCUT2D eigenvalue weighted by Crippen LogP contribution is -2.41. The van der Waals surface area contributed by atoms with Crippen molar-refractivity contribution in [3.8, 4) is 0 Å². The average molecular weight is 288 g/mol. The third kappa shape index (κ3) is 3.11. The lowest BCUT2D eigenvalue weighted by molar-refractivity contribution is -0.129. The summed E-state index contributed by atoms with van der Waals surface area (Å²) in [6.45, 7) is 4.93. The number of hydrogen-bond donors (Lipinski definition) is 1. The summed E-state index contributed by atoms with van der Waals surface area (Å²) in [5.41, 5.74) is 2.57. The molecule has 0 bridgehead atoms. The molecule has 1 saturated heterocycles. The van der Waals surface area contributed by atoms with E-state index in [1.54, 1.807) is 6.92 Å². The van der Waals surface area contributed by atoms with Crippen LogP contribution in [0.3, 0.4) is 0 Å². The van der Waals surface area contributed by atoms with Crippen LogP contribution in [0.5, 0.6) is 0 Å². The fourth-order valence-corrected chi connectivity index (χ4v) is 3.64. The van der Waals surface area contributed by atoms with Gasteiger partial charge in [0, 0.05) is 32.6 Å². The van der Waals surface area contributed by atoms with Crippen LogP contribution in [0.2, 0.25) is 0 Å². The molecule has 2 aliphatic heterocycles. The minimum absolute atomic E-state index is 0.143. The Morgan fingerprint density at radius 1 is 1.24 bits per heavy atom. The van der Waals surface area contributed by atoms with Crippen molar-refractivity contribution in [1.29, 1.82) is 0 Å². The number of hydrogen-bond acceptors (Lipinski definition) is 3. The standard InChI is InChI=1S/C17H24N2O2/c1-13(20)18-10-8-17(19-9-4-6-15(21)12-19)16-7-3-2-5-14(16)11-18/h2-3,5,7,15,17,21H,4,6,8-12H2,1H3/t15-,17+/m0/s1. The van der Waals surface area contributed by atoms with Crippen LogP contribution in [-0.4, -0.2) is 46.6 Å². The van der Waals surface area contributed by atoms with Gasteiger partial charge in [0.25, 0.3) is 0 Å². The van der Waals surface area contributed by atoms with Gasteiger partial charge in [0.15, 0.2) is 0 Å². The number of aliphatic hydroxyl groups is 1. The lowest BCUT2D eigenvalue weighted by Gasteiger charge is -2.37. The highest BCUT2D eigenvalue weighted by Gasteiger charge is 2.30. The maximum atomic E-state index is 11.8. The van der Waals surface area contributed by atoms with Gasteiger partial charge in [0.05, 0.1) is 6.10 Å². The molecule has 1 amide bonds. The van der Waals surface area contributed by atoms with Crippen molar-refractivity contribution in [3.05, 3.63) is 35.4 Å². The summed E-state index contributed by atoms with van der Waals surface area (Å²) in [4.78, 5) is 16.1. The topological polar surface area (TPSA) is 43.8 Å². The number of carbonyl (C=O) groups is 1. The van der Waals surface area contributed by atoms with Crippen molar-refractivity contribution in [2.24, 2.45) is 0 Å². The fraction of sp³-hybridized carbons (Fsp3) is 0.588. The quantitative estimate of drug-likeness (QED) is 0.859. The number of likely N-dealkylation sites (tertiary alicyclic amines) is 1. The van der Waals surface area contributed by atoms with E-state index >= 15 is 0 Å². The van der Waals surface area contributed by atoms with E-state index in [1.807, 2.05) is 11.0 Å². The van der Waals surface area contributed by atoms with Crippen LogP contribution >= 0.6 is 0 Å². The van der Waals surface area contributed by atoms with Gasteiger partial charge in [-0.2, -0.15) is 0 Å². The minimum Gasteiger partial charge on any atom is -0.392 e. The number of carbonyl (C=O) groups excluding carboxylic acids is 1. The van der Waals surface area contributed by atoms with E-state index in [0.29, 0.717) is 12.6 Å². The predicted molar refractivity (Wildman–Crippen MR) is 81.7 cm³/mol. The molecule has 0 unspecified atom stereocenters. The molecule has 2 heterocycles. The highest BCUT2D eigenvalue weighted by Crippen LogP contribution is 2.33. The first-order valence-corrected chi connectivity index (χ1v) is 7.90. The SMILES string of the molecule is CC(=O)N1CC[C@@H](N2CCC[C@H](O)C2)c2ccccc2C1. The summed E-state index contributed by atoms with van der Waals surface area (Å²) in [7, 11) is 0. The van der Waals surface area contributed by atoms with Crippen LogP contribution in [0, 0.1) is 0 Å². The number of aliphatic hydroxyl groups excluding tert-OH is 1. The largest absolute Gasteiger partial charge is 0.392 e. The summed E-state index contributed by atoms with van der Waals surface area (Å²) in [5.74, 6) is 0.143. The van der Waals surface area contributed by atoms with E-state index in [1.165, 1.54) is 11.1 Å². The van der Waals surface area contributed by atoms with E-state index < -0.39 is 0 Å². The Labute approximate surface area is 126 Å². The molecule has 1 aromatic rings. The Morgan fingerprint density at radius 3 is 2.81 bits per heavy atom. The molecule has 1 N–H and O–H groups in total. The lowest BCUT2D eigenvalue weighted by atomic mass is 9.95. The van der Waals surface area contributed by atoms with Crippen LogP contribution in [0.4, 0.5) is 0 Å². The van der Waals surface area contributed by atoms with Gasteiger partial charge in [-0.05, 0) is 36.9 Å². The third-order valence-electron chi connectivity index (χ3n) is 4.76. The van der Waals surface area contributed by atoms with Crippen LogP contribution in [0.15, 0.2) is 24.3 Å². The normalized spacial score (nSPS) is 27.0. The van der Waals surface area contributed by atoms with E-state index in [2.05, 4.69) is 23.1 Å². The number of β-amino-alcohol motifs (C(OH)–C–C–N with tert-alkyl or cyclic N) is 1. The van der Waals surface area contributed by atoms with Crippen molar-refractivity contribution in [3.63, 3.8) is 0 Å². The maximum Gasteiger partial charge on any atom is 0.219 e. The van der Waals surface area contributed by atoms with Gasteiger partial charge in [0.1, 0.15) is 0 Å². The monoisotopic (exact) mass is 288 g/mol. The van der Waals surface area contributed by atoms with E-state index in [0.717, 1.165) is 38.9 Å². The molecular formula is C17H24N2O2. The number of fused-ring (bicyclic) bond motifs is 1. The summed E-state index contributed by atoms with van der Waals surface area (Å²) in [6.07, 6.45) is 2.70. The highest BCUT2D eigenvalue weighted by atomic mass is 16.3. The molecule has 0 spiro atoms. The number of benzene rings is 1. The first-order valence-electron chi connectivity index (χ1n) is 7.90. The molecule has 4 nitrogen and oxygen atoms in total. The number of rotatable bonds is 1. The van der Waals surface area contributed by atoms with Crippen LogP contribution in [0.1, 0.15) is 43.4 Å². The molecule has 0 aliphatic carbocycles. The second-order valence-corrected chi connectivity index (χ2v) is 6.23. The minimum atomic E-state index is -0.210. The zero-order valence-electron chi connectivity index (χ0n) is 12.7. The van der Waals surface area contributed by atoms with Crippen molar-refractivity contribution >= 4 is 5.91 Å². The average Bonchev–Trinajstić information content (AvgIpc) is 2.67. The van der Waals surface area contributed by atoms with Gasteiger partial charge < -0.3 is 10.0 Å². The Bertz CT molecular complexity index is 517. The van der Waals surface area contributed by atoms with Gasteiger partial charge in [-0.3, -0.25) is 9.69 Å². The molecule has 21 heavy (non-hydrogen) atoms. The molecule has 0 saturated carbocycles. The van der Waals surface area contributed by atoms with Crippen LogP contribution in [-0.2, 0) is 11.3 Å². The number of nitrogens with zero attached hydrogens (tertiary/aromatic N) is 2. The van der Waals surface area contributed by atoms with Crippen LogP contribution < -0.4 is 0 Å². The first-order chi connectivity index (χ1) is 10.1. The molecule has 2 atom stereocenters. The van der Waals surface area contributed by atoms with Gasteiger partial charge in [-0.1, -0.05) is 24.3 Å².